The van der Waals surface area contributed by atoms with E-state index in [4.69, 9.17) is 9.47 Å². The van der Waals surface area contributed by atoms with Crippen LogP contribution in [0.2, 0.25) is 0 Å². The summed E-state index contributed by atoms with van der Waals surface area (Å²) >= 11 is 3.62. The van der Waals surface area contributed by atoms with Crippen LogP contribution in [-0.4, -0.2) is 43.1 Å². The van der Waals surface area contributed by atoms with Crippen molar-refractivity contribution >= 4 is 21.6 Å². The molecule has 2 rings (SSSR count). The van der Waals surface area contributed by atoms with Crippen LogP contribution in [0.3, 0.4) is 0 Å². The molecule has 0 aliphatic heterocycles. The number of nitro benzene ring substituents is 1. The minimum absolute atomic E-state index is 0.0633. The SMILES string of the molecule is CCN(CC)CCCNCc1c(Br)ccc(OC)c1OCc1ccc([N+](=O)[O-])cc1. The van der Waals surface area contributed by atoms with Gasteiger partial charge in [0, 0.05) is 28.7 Å². The van der Waals surface area contributed by atoms with Crippen molar-refractivity contribution < 1.29 is 14.4 Å². The van der Waals surface area contributed by atoms with Gasteiger partial charge in [0.2, 0.25) is 0 Å². The highest BCUT2D eigenvalue weighted by Crippen LogP contribution is 2.36. The molecule has 2 aromatic carbocycles. The number of ether oxygens (including phenoxy) is 2. The van der Waals surface area contributed by atoms with Crippen LogP contribution < -0.4 is 14.8 Å². The number of benzene rings is 2. The molecule has 0 heterocycles. The summed E-state index contributed by atoms with van der Waals surface area (Å²) in [5, 5.41) is 14.3. The maximum absolute atomic E-state index is 10.8. The number of rotatable bonds is 13. The Morgan fingerprint density at radius 3 is 2.43 bits per heavy atom. The van der Waals surface area contributed by atoms with Crippen molar-refractivity contribution in [3.8, 4) is 11.5 Å². The third-order valence-corrected chi connectivity index (χ3v) is 5.68. The fourth-order valence-corrected chi connectivity index (χ4v) is 3.57. The minimum Gasteiger partial charge on any atom is -0.493 e. The maximum atomic E-state index is 10.8. The first-order valence-electron chi connectivity index (χ1n) is 10.1. The minimum atomic E-state index is -0.411. The second kappa shape index (κ2) is 12.5. The molecular formula is C22H30BrN3O4. The Kier molecular flexibility index (Phi) is 10.1. The lowest BCUT2D eigenvalue weighted by molar-refractivity contribution is -0.384. The topological polar surface area (TPSA) is 76.9 Å². The zero-order valence-corrected chi connectivity index (χ0v) is 19.4. The van der Waals surface area contributed by atoms with Crippen molar-refractivity contribution in [1.29, 1.82) is 0 Å². The number of hydrogen-bond donors (Lipinski definition) is 1. The van der Waals surface area contributed by atoms with E-state index >= 15 is 0 Å². The highest BCUT2D eigenvalue weighted by atomic mass is 79.9. The van der Waals surface area contributed by atoms with Gasteiger partial charge in [-0.2, -0.15) is 0 Å². The lowest BCUT2D eigenvalue weighted by Gasteiger charge is -2.19. The zero-order valence-electron chi connectivity index (χ0n) is 17.8. The Bertz CT molecular complexity index is 811. The molecule has 0 radical (unpaired) electrons. The van der Waals surface area contributed by atoms with Crippen molar-refractivity contribution in [3.63, 3.8) is 0 Å². The summed E-state index contributed by atoms with van der Waals surface area (Å²) in [6.07, 6.45) is 1.07. The molecule has 0 aromatic heterocycles. The molecule has 0 bridgehead atoms. The predicted octanol–water partition coefficient (Wildman–Crippen LogP) is 4.77. The van der Waals surface area contributed by atoms with Gasteiger partial charge in [-0.15, -0.1) is 0 Å². The lowest BCUT2D eigenvalue weighted by atomic mass is 10.1. The summed E-state index contributed by atoms with van der Waals surface area (Å²) in [6.45, 7) is 9.41. The van der Waals surface area contributed by atoms with Crippen molar-refractivity contribution in [1.82, 2.24) is 10.2 Å². The summed E-state index contributed by atoms with van der Waals surface area (Å²) in [7, 11) is 1.61. The van der Waals surface area contributed by atoms with Gasteiger partial charge < -0.3 is 19.7 Å². The normalized spacial score (nSPS) is 11.0. The van der Waals surface area contributed by atoms with Gasteiger partial charge >= 0.3 is 0 Å². The molecule has 0 saturated carbocycles. The van der Waals surface area contributed by atoms with E-state index in [0.29, 0.717) is 24.7 Å². The van der Waals surface area contributed by atoms with Crippen LogP contribution in [0.4, 0.5) is 5.69 Å². The Balaban J connectivity index is 2.03. The van der Waals surface area contributed by atoms with E-state index in [9.17, 15) is 10.1 Å². The first-order valence-corrected chi connectivity index (χ1v) is 10.9. The van der Waals surface area contributed by atoms with E-state index in [1.807, 2.05) is 12.1 Å². The largest absolute Gasteiger partial charge is 0.493 e. The van der Waals surface area contributed by atoms with Crippen LogP contribution in [0.5, 0.6) is 11.5 Å². The third kappa shape index (κ3) is 6.97. The van der Waals surface area contributed by atoms with Crippen LogP contribution in [0.25, 0.3) is 0 Å². The molecule has 30 heavy (non-hydrogen) atoms. The summed E-state index contributed by atoms with van der Waals surface area (Å²) in [4.78, 5) is 12.8. The number of nitrogens with one attached hydrogen (secondary N) is 1. The summed E-state index contributed by atoms with van der Waals surface area (Å²) < 4.78 is 12.5. The average Bonchev–Trinajstić information content (AvgIpc) is 2.76. The van der Waals surface area contributed by atoms with Gasteiger partial charge in [0.25, 0.3) is 5.69 Å². The zero-order chi connectivity index (χ0) is 21.9. The molecule has 2 aromatic rings. The molecule has 0 amide bonds. The lowest BCUT2D eigenvalue weighted by Crippen LogP contribution is -2.27. The molecule has 0 unspecified atom stereocenters. The van der Waals surface area contributed by atoms with Gasteiger partial charge in [-0.1, -0.05) is 29.8 Å². The number of methoxy groups -OCH3 is 1. The van der Waals surface area contributed by atoms with Gasteiger partial charge in [0.15, 0.2) is 11.5 Å². The van der Waals surface area contributed by atoms with Crippen molar-refractivity contribution in [3.05, 3.63) is 62.1 Å². The molecule has 0 fully saturated rings. The monoisotopic (exact) mass is 479 g/mol. The van der Waals surface area contributed by atoms with Crippen molar-refractivity contribution in [2.24, 2.45) is 0 Å². The smallest absolute Gasteiger partial charge is 0.269 e. The fraction of sp³-hybridized carbons (Fsp3) is 0.455. The number of nitrogens with zero attached hydrogens (tertiary/aromatic N) is 2. The average molecular weight is 480 g/mol. The molecule has 7 nitrogen and oxygen atoms in total. The first kappa shape index (κ1) is 24.1. The van der Waals surface area contributed by atoms with E-state index < -0.39 is 4.92 Å². The number of hydrogen-bond acceptors (Lipinski definition) is 6. The van der Waals surface area contributed by atoms with E-state index in [2.05, 4.69) is 40.0 Å². The second-order valence-electron chi connectivity index (χ2n) is 6.83. The Morgan fingerprint density at radius 2 is 1.83 bits per heavy atom. The van der Waals surface area contributed by atoms with Gasteiger partial charge in [-0.3, -0.25) is 10.1 Å². The van der Waals surface area contributed by atoms with Crippen molar-refractivity contribution in [2.45, 2.75) is 33.4 Å². The van der Waals surface area contributed by atoms with Gasteiger partial charge in [-0.25, -0.2) is 0 Å². The highest BCUT2D eigenvalue weighted by Gasteiger charge is 2.15. The van der Waals surface area contributed by atoms with Crippen LogP contribution in [0, 0.1) is 10.1 Å². The highest BCUT2D eigenvalue weighted by molar-refractivity contribution is 9.10. The molecule has 0 saturated heterocycles. The van der Waals surface area contributed by atoms with Gasteiger partial charge in [0.05, 0.1) is 12.0 Å². The molecule has 0 aliphatic rings. The quantitative estimate of drug-likeness (QED) is 0.253. The number of halogens is 1. The maximum Gasteiger partial charge on any atom is 0.269 e. The predicted molar refractivity (Wildman–Crippen MR) is 122 cm³/mol. The van der Waals surface area contributed by atoms with Crippen molar-refractivity contribution in [2.75, 3.05) is 33.3 Å². The first-order chi connectivity index (χ1) is 14.5. The summed E-state index contributed by atoms with van der Waals surface area (Å²) in [5.41, 5.74) is 1.90. The molecule has 0 aliphatic carbocycles. The third-order valence-electron chi connectivity index (χ3n) is 4.94. The summed E-state index contributed by atoms with van der Waals surface area (Å²) in [5.74, 6) is 1.32. The summed E-state index contributed by atoms with van der Waals surface area (Å²) in [6, 6.07) is 10.2. The second-order valence-corrected chi connectivity index (χ2v) is 7.68. The van der Waals surface area contributed by atoms with Crippen LogP contribution >= 0.6 is 15.9 Å². The number of non-ortho nitro benzene ring substituents is 1. The van der Waals surface area contributed by atoms with E-state index in [-0.39, 0.29) is 5.69 Å². The fourth-order valence-electron chi connectivity index (χ4n) is 3.12. The Labute approximate surface area is 186 Å². The van der Waals surface area contributed by atoms with E-state index in [0.717, 1.165) is 48.2 Å². The van der Waals surface area contributed by atoms with Crippen LogP contribution in [0.1, 0.15) is 31.4 Å². The molecule has 8 heteroatoms. The Hall–Kier alpha value is -2.16. The molecule has 1 N–H and O–H groups in total. The Morgan fingerprint density at radius 1 is 1.13 bits per heavy atom. The van der Waals surface area contributed by atoms with E-state index in [1.54, 1.807) is 19.2 Å². The molecular weight excluding hydrogens is 450 g/mol. The molecule has 164 valence electrons. The van der Waals surface area contributed by atoms with Crippen LogP contribution in [0.15, 0.2) is 40.9 Å². The standard InChI is InChI=1S/C22H30BrN3O4/c1-4-25(5-2)14-6-13-24-15-19-20(23)11-12-21(29-3)22(19)30-16-17-7-9-18(10-8-17)26(27)28/h7-12,24H,4-6,13-16H2,1-3H3. The van der Waals surface area contributed by atoms with E-state index in [1.165, 1.54) is 12.1 Å². The molecule has 0 spiro atoms. The van der Waals surface area contributed by atoms with Crippen LogP contribution in [-0.2, 0) is 13.2 Å². The van der Waals surface area contributed by atoms with Gasteiger partial charge in [0.1, 0.15) is 6.61 Å². The number of nitro groups is 1. The van der Waals surface area contributed by atoms with Gasteiger partial charge in [-0.05, 0) is 62.4 Å². The molecule has 0 atom stereocenters.